The highest BCUT2D eigenvalue weighted by molar-refractivity contribution is 5.86. The van der Waals surface area contributed by atoms with Gasteiger partial charge in [0, 0.05) is 11.5 Å². The van der Waals surface area contributed by atoms with Gasteiger partial charge in [-0.3, -0.25) is 4.98 Å². The maximum Gasteiger partial charge on any atom is 0.407 e. The molecule has 0 bridgehead atoms. The number of para-hydroxylation sites is 1. The second kappa shape index (κ2) is 10.3. The van der Waals surface area contributed by atoms with Crippen LogP contribution in [0, 0.1) is 0 Å². The largest absolute Gasteiger partial charge is 0.488 e. The fourth-order valence-electron chi connectivity index (χ4n) is 3.34. The van der Waals surface area contributed by atoms with Gasteiger partial charge in [-0.2, -0.15) is 0 Å². The standard InChI is InChI=1S/C28H28N2O4/c1-28(2,3)34-27(31)29-18-21-16-26(32-19-20-10-6-4-7-11-20)24-17-23(14-15-25(24)30-21)33-22-12-8-5-9-13-22/h4-17H,18-19H2,1-3H3,(H,29,31). The fourth-order valence-corrected chi connectivity index (χ4v) is 3.34. The Kier molecular flexibility index (Phi) is 6.97. The Hall–Kier alpha value is -4.06. The summed E-state index contributed by atoms with van der Waals surface area (Å²) in [7, 11) is 0. The van der Waals surface area contributed by atoms with Crippen molar-refractivity contribution in [3.05, 3.63) is 96.2 Å². The summed E-state index contributed by atoms with van der Waals surface area (Å²) in [6, 6.07) is 27.1. The molecule has 1 N–H and O–H groups in total. The highest BCUT2D eigenvalue weighted by Crippen LogP contribution is 2.32. The molecule has 1 heterocycles. The zero-order valence-electron chi connectivity index (χ0n) is 19.6. The molecule has 4 rings (SSSR count). The molecule has 0 unspecified atom stereocenters. The SMILES string of the molecule is CC(C)(C)OC(=O)NCc1cc(OCc2ccccc2)c2cc(Oc3ccccc3)ccc2n1. The second-order valence-corrected chi connectivity index (χ2v) is 8.84. The molecule has 0 fully saturated rings. The number of amides is 1. The third kappa shape index (κ3) is 6.48. The first-order valence-electron chi connectivity index (χ1n) is 11.2. The van der Waals surface area contributed by atoms with Crippen molar-refractivity contribution in [1.29, 1.82) is 0 Å². The summed E-state index contributed by atoms with van der Waals surface area (Å²) >= 11 is 0. The third-order valence-corrected chi connectivity index (χ3v) is 4.82. The molecule has 0 atom stereocenters. The van der Waals surface area contributed by atoms with Gasteiger partial charge >= 0.3 is 6.09 Å². The quantitative estimate of drug-likeness (QED) is 0.338. The first-order chi connectivity index (χ1) is 16.4. The average molecular weight is 457 g/mol. The number of hydrogen-bond donors (Lipinski definition) is 1. The molecule has 0 aliphatic carbocycles. The molecule has 4 aromatic rings. The minimum Gasteiger partial charge on any atom is -0.488 e. The lowest BCUT2D eigenvalue weighted by molar-refractivity contribution is 0.0523. The number of nitrogens with one attached hydrogen (secondary N) is 1. The number of pyridine rings is 1. The van der Waals surface area contributed by atoms with Gasteiger partial charge in [-0.05, 0) is 56.7 Å². The van der Waals surface area contributed by atoms with Crippen molar-refractivity contribution in [3.63, 3.8) is 0 Å². The number of carbonyl (C=O) groups is 1. The number of hydrogen-bond acceptors (Lipinski definition) is 5. The highest BCUT2D eigenvalue weighted by Gasteiger charge is 2.16. The number of aromatic nitrogens is 1. The first kappa shape index (κ1) is 23.1. The van der Waals surface area contributed by atoms with Gasteiger partial charge in [0.2, 0.25) is 0 Å². The van der Waals surface area contributed by atoms with E-state index in [0.717, 1.165) is 22.2 Å². The zero-order valence-corrected chi connectivity index (χ0v) is 19.6. The lowest BCUT2D eigenvalue weighted by Crippen LogP contribution is -2.32. The lowest BCUT2D eigenvalue weighted by atomic mass is 10.1. The number of benzene rings is 3. The van der Waals surface area contributed by atoms with Gasteiger partial charge in [-0.25, -0.2) is 4.79 Å². The van der Waals surface area contributed by atoms with Crippen LogP contribution < -0.4 is 14.8 Å². The summed E-state index contributed by atoms with van der Waals surface area (Å²) in [6.45, 7) is 6.10. The molecule has 0 saturated carbocycles. The van der Waals surface area contributed by atoms with E-state index < -0.39 is 11.7 Å². The Balaban J connectivity index is 1.60. The molecule has 6 heteroatoms. The van der Waals surface area contributed by atoms with Crippen LogP contribution >= 0.6 is 0 Å². The van der Waals surface area contributed by atoms with Crippen LogP contribution in [-0.4, -0.2) is 16.7 Å². The number of fused-ring (bicyclic) bond motifs is 1. The van der Waals surface area contributed by atoms with Crippen molar-refractivity contribution in [1.82, 2.24) is 10.3 Å². The van der Waals surface area contributed by atoms with Crippen LogP contribution in [0.1, 0.15) is 32.0 Å². The molecule has 3 aromatic carbocycles. The predicted molar refractivity (Wildman–Crippen MR) is 132 cm³/mol. The third-order valence-electron chi connectivity index (χ3n) is 4.82. The van der Waals surface area contributed by atoms with Gasteiger partial charge in [-0.15, -0.1) is 0 Å². The van der Waals surface area contributed by atoms with Gasteiger partial charge in [0.1, 0.15) is 29.5 Å². The maximum atomic E-state index is 12.1. The average Bonchev–Trinajstić information content (AvgIpc) is 2.81. The van der Waals surface area contributed by atoms with Crippen LogP contribution in [0.3, 0.4) is 0 Å². The molecule has 0 saturated heterocycles. The smallest absolute Gasteiger partial charge is 0.407 e. The summed E-state index contributed by atoms with van der Waals surface area (Å²) in [6.07, 6.45) is -0.493. The molecular weight excluding hydrogens is 428 g/mol. The summed E-state index contributed by atoms with van der Waals surface area (Å²) < 4.78 is 17.5. The van der Waals surface area contributed by atoms with Gasteiger partial charge in [0.05, 0.1) is 17.8 Å². The molecule has 1 aromatic heterocycles. The van der Waals surface area contributed by atoms with Crippen molar-refractivity contribution in [3.8, 4) is 17.2 Å². The molecule has 1 amide bonds. The molecular formula is C28H28N2O4. The van der Waals surface area contributed by atoms with Crippen LogP contribution in [0.2, 0.25) is 0 Å². The maximum absolute atomic E-state index is 12.1. The number of rotatable bonds is 7. The van der Waals surface area contributed by atoms with Gasteiger partial charge in [0.15, 0.2) is 0 Å². The van der Waals surface area contributed by atoms with Crippen LogP contribution in [0.5, 0.6) is 17.2 Å². The molecule has 0 radical (unpaired) electrons. The van der Waals surface area contributed by atoms with Crippen molar-refractivity contribution in [2.75, 3.05) is 0 Å². The van der Waals surface area contributed by atoms with Crippen molar-refractivity contribution < 1.29 is 19.0 Å². The summed E-state index contributed by atoms with van der Waals surface area (Å²) in [5.41, 5.74) is 1.89. The Labute approximate surface area is 199 Å². The molecule has 6 nitrogen and oxygen atoms in total. The summed E-state index contributed by atoms with van der Waals surface area (Å²) in [5, 5.41) is 3.59. The van der Waals surface area contributed by atoms with Crippen LogP contribution in [0.4, 0.5) is 4.79 Å². The Morgan fingerprint density at radius 1 is 0.882 bits per heavy atom. The van der Waals surface area contributed by atoms with Crippen LogP contribution in [0.15, 0.2) is 84.9 Å². The van der Waals surface area contributed by atoms with Gasteiger partial charge < -0.3 is 19.5 Å². The Bertz CT molecular complexity index is 1250. The molecule has 174 valence electrons. The van der Waals surface area contributed by atoms with Gasteiger partial charge in [-0.1, -0.05) is 48.5 Å². The Morgan fingerprint density at radius 2 is 1.59 bits per heavy atom. The van der Waals surface area contributed by atoms with Crippen molar-refractivity contribution in [2.24, 2.45) is 0 Å². The Morgan fingerprint density at radius 3 is 2.29 bits per heavy atom. The summed E-state index contributed by atoms with van der Waals surface area (Å²) in [4.78, 5) is 16.8. The summed E-state index contributed by atoms with van der Waals surface area (Å²) in [5.74, 6) is 2.10. The fraction of sp³-hybridized carbons (Fsp3) is 0.214. The van der Waals surface area contributed by atoms with Crippen molar-refractivity contribution >= 4 is 17.0 Å². The lowest BCUT2D eigenvalue weighted by Gasteiger charge is -2.19. The minimum absolute atomic E-state index is 0.217. The zero-order chi connectivity index (χ0) is 24.0. The van der Waals surface area contributed by atoms with E-state index in [9.17, 15) is 4.79 Å². The molecule has 0 aliphatic heterocycles. The predicted octanol–water partition coefficient (Wildman–Crippen LogP) is 6.63. The molecule has 34 heavy (non-hydrogen) atoms. The van der Waals surface area contributed by atoms with E-state index in [0.29, 0.717) is 23.8 Å². The van der Waals surface area contributed by atoms with Crippen molar-refractivity contribution in [2.45, 2.75) is 39.5 Å². The number of alkyl carbamates (subject to hydrolysis) is 1. The van der Waals surface area contributed by atoms with Gasteiger partial charge in [0.25, 0.3) is 0 Å². The number of carbonyl (C=O) groups excluding carboxylic acids is 1. The van der Waals surface area contributed by atoms with E-state index in [4.69, 9.17) is 19.2 Å². The molecule has 0 aliphatic rings. The number of ether oxygens (including phenoxy) is 3. The van der Waals surface area contributed by atoms with E-state index in [1.165, 1.54) is 0 Å². The minimum atomic E-state index is -0.569. The van der Waals surface area contributed by atoms with Crippen LogP contribution in [0.25, 0.3) is 10.9 Å². The van der Waals surface area contributed by atoms with E-state index in [1.54, 1.807) is 0 Å². The van der Waals surface area contributed by atoms with Crippen LogP contribution in [-0.2, 0) is 17.9 Å². The first-order valence-corrected chi connectivity index (χ1v) is 11.2. The topological polar surface area (TPSA) is 69.7 Å². The van der Waals surface area contributed by atoms with E-state index in [2.05, 4.69) is 5.32 Å². The van der Waals surface area contributed by atoms with E-state index in [1.807, 2.05) is 106 Å². The number of nitrogens with zero attached hydrogens (tertiary/aromatic N) is 1. The van der Waals surface area contributed by atoms with E-state index in [-0.39, 0.29) is 6.54 Å². The monoisotopic (exact) mass is 456 g/mol. The van der Waals surface area contributed by atoms with E-state index >= 15 is 0 Å². The second-order valence-electron chi connectivity index (χ2n) is 8.84. The normalized spacial score (nSPS) is 11.1. The molecule has 0 spiro atoms. The highest BCUT2D eigenvalue weighted by atomic mass is 16.6.